The van der Waals surface area contributed by atoms with Gasteiger partial charge in [-0.2, -0.15) is 0 Å². The molecule has 0 bridgehead atoms. The molecule has 1 N–H and O–H groups in total. The average molecular weight is 338 g/mol. The molecule has 6 heteroatoms. The molecule has 0 unspecified atom stereocenters. The minimum Gasteiger partial charge on any atom is -0.350 e. The second-order valence-electron chi connectivity index (χ2n) is 6.54. The van der Waals surface area contributed by atoms with Crippen molar-refractivity contribution in [2.24, 2.45) is 0 Å². The summed E-state index contributed by atoms with van der Waals surface area (Å²) in [4.78, 5) is 23.3. The Morgan fingerprint density at radius 3 is 3.00 bits per heavy atom. The van der Waals surface area contributed by atoms with Crippen LogP contribution in [0.5, 0.6) is 0 Å². The Balaban J connectivity index is 1.69. The van der Waals surface area contributed by atoms with Gasteiger partial charge in [0, 0.05) is 17.5 Å². The van der Waals surface area contributed by atoms with E-state index in [1.807, 2.05) is 24.4 Å². The van der Waals surface area contributed by atoms with Crippen molar-refractivity contribution < 1.29 is 4.79 Å². The number of amides is 1. The maximum atomic E-state index is 12.2. The molecule has 122 valence electrons. The van der Waals surface area contributed by atoms with Crippen molar-refractivity contribution >= 4 is 22.9 Å². The van der Waals surface area contributed by atoms with Crippen LogP contribution in [0.4, 0.5) is 0 Å². The molecule has 1 aliphatic heterocycles. The van der Waals surface area contributed by atoms with Crippen molar-refractivity contribution in [1.29, 1.82) is 0 Å². The SMILES string of the molecule is O=C1C[C@H](c2nc3c(s2)CCCC3)c2c(nc3ccccn23)CN1. The number of nitrogens with zero attached hydrogens (tertiary/aromatic N) is 3. The van der Waals surface area contributed by atoms with E-state index in [2.05, 4.69) is 9.72 Å². The fourth-order valence-electron chi connectivity index (χ4n) is 3.82. The van der Waals surface area contributed by atoms with Crippen LogP contribution in [0.3, 0.4) is 0 Å². The predicted molar refractivity (Wildman–Crippen MR) is 92.3 cm³/mol. The van der Waals surface area contributed by atoms with Gasteiger partial charge >= 0.3 is 0 Å². The van der Waals surface area contributed by atoms with Crippen LogP contribution in [0.1, 0.15) is 52.1 Å². The summed E-state index contributed by atoms with van der Waals surface area (Å²) < 4.78 is 2.13. The molecule has 3 aromatic rings. The fourth-order valence-corrected chi connectivity index (χ4v) is 5.08. The summed E-state index contributed by atoms with van der Waals surface area (Å²) >= 11 is 1.80. The molecule has 0 spiro atoms. The predicted octanol–water partition coefficient (Wildman–Crippen LogP) is 2.82. The number of hydrogen-bond donors (Lipinski definition) is 1. The zero-order chi connectivity index (χ0) is 16.1. The van der Waals surface area contributed by atoms with Crippen LogP contribution in [-0.2, 0) is 24.2 Å². The summed E-state index contributed by atoms with van der Waals surface area (Å²) in [6.45, 7) is 0.497. The molecular formula is C18H18N4OS. The Hall–Kier alpha value is -2.21. The van der Waals surface area contributed by atoms with Crippen LogP contribution in [0.2, 0.25) is 0 Å². The van der Waals surface area contributed by atoms with Crippen molar-refractivity contribution in [2.75, 3.05) is 0 Å². The zero-order valence-electron chi connectivity index (χ0n) is 13.3. The quantitative estimate of drug-likeness (QED) is 0.742. The number of aryl methyl sites for hydroxylation is 2. The Labute approximate surface area is 143 Å². The molecule has 4 heterocycles. The molecular weight excluding hydrogens is 320 g/mol. The van der Waals surface area contributed by atoms with E-state index in [9.17, 15) is 4.79 Å². The standard InChI is InChI=1S/C18H18N4OS/c23-16-9-11(18-21-12-5-1-2-6-14(12)24-18)17-13(10-19-16)20-15-7-3-4-8-22(15)17/h3-4,7-8,11H,1-2,5-6,9-10H2,(H,19,23)/t11-/m0/s1. The van der Waals surface area contributed by atoms with Gasteiger partial charge in [0.25, 0.3) is 0 Å². The van der Waals surface area contributed by atoms with Crippen molar-refractivity contribution in [3.63, 3.8) is 0 Å². The Kier molecular flexibility index (Phi) is 3.19. The molecule has 0 aromatic carbocycles. The molecule has 2 aliphatic rings. The van der Waals surface area contributed by atoms with E-state index in [1.54, 1.807) is 11.3 Å². The van der Waals surface area contributed by atoms with Crippen LogP contribution in [0.15, 0.2) is 24.4 Å². The lowest BCUT2D eigenvalue weighted by Crippen LogP contribution is -2.21. The molecule has 0 fully saturated rings. The van der Waals surface area contributed by atoms with Gasteiger partial charge in [-0.25, -0.2) is 9.97 Å². The number of thiazole rings is 1. The van der Waals surface area contributed by atoms with Crippen molar-refractivity contribution in [3.05, 3.63) is 51.4 Å². The highest BCUT2D eigenvalue weighted by atomic mass is 32.1. The van der Waals surface area contributed by atoms with Gasteiger partial charge in [-0.05, 0) is 37.8 Å². The first-order valence-electron chi connectivity index (χ1n) is 8.50. The van der Waals surface area contributed by atoms with E-state index in [1.165, 1.54) is 23.4 Å². The minimum absolute atomic E-state index is 0.00417. The van der Waals surface area contributed by atoms with Gasteiger partial charge in [-0.15, -0.1) is 11.3 Å². The van der Waals surface area contributed by atoms with Gasteiger partial charge in [-0.3, -0.25) is 4.79 Å². The van der Waals surface area contributed by atoms with E-state index >= 15 is 0 Å². The number of hydrogen-bond acceptors (Lipinski definition) is 4. The van der Waals surface area contributed by atoms with E-state index in [0.717, 1.165) is 34.9 Å². The van der Waals surface area contributed by atoms with Crippen molar-refractivity contribution in [3.8, 4) is 0 Å². The molecule has 1 amide bonds. The van der Waals surface area contributed by atoms with Gasteiger partial charge in [0.2, 0.25) is 5.91 Å². The third-order valence-electron chi connectivity index (χ3n) is 4.98. The maximum Gasteiger partial charge on any atom is 0.221 e. The minimum atomic E-state index is -0.00417. The molecule has 5 nitrogen and oxygen atoms in total. The van der Waals surface area contributed by atoms with Gasteiger partial charge in [0.05, 0.1) is 29.5 Å². The number of imidazole rings is 1. The molecule has 5 rings (SSSR count). The molecule has 0 saturated carbocycles. The first kappa shape index (κ1) is 14.2. The smallest absolute Gasteiger partial charge is 0.221 e. The largest absolute Gasteiger partial charge is 0.350 e. The van der Waals surface area contributed by atoms with E-state index in [4.69, 9.17) is 9.97 Å². The second kappa shape index (κ2) is 5.41. The Morgan fingerprint density at radius 2 is 2.08 bits per heavy atom. The van der Waals surface area contributed by atoms with Crippen LogP contribution in [-0.4, -0.2) is 20.3 Å². The topological polar surface area (TPSA) is 59.3 Å². The van der Waals surface area contributed by atoms with Gasteiger partial charge < -0.3 is 9.72 Å². The number of rotatable bonds is 1. The first-order valence-corrected chi connectivity index (χ1v) is 9.32. The summed E-state index contributed by atoms with van der Waals surface area (Å²) in [6.07, 6.45) is 7.17. The second-order valence-corrected chi connectivity index (χ2v) is 7.65. The fraction of sp³-hybridized carbons (Fsp3) is 0.389. The van der Waals surface area contributed by atoms with Gasteiger partial charge in [0.15, 0.2) is 0 Å². The number of aromatic nitrogens is 3. The summed E-state index contributed by atoms with van der Waals surface area (Å²) in [5.41, 5.74) is 4.27. The molecule has 0 saturated heterocycles. The highest BCUT2D eigenvalue weighted by molar-refractivity contribution is 7.11. The molecule has 3 aromatic heterocycles. The lowest BCUT2D eigenvalue weighted by atomic mass is 10.0. The number of nitrogens with one attached hydrogen (secondary N) is 1. The highest BCUT2D eigenvalue weighted by Gasteiger charge is 2.31. The molecule has 24 heavy (non-hydrogen) atoms. The molecule has 1 atom stereocenters. The van der Waals surface area contributed by atoms with Gasteiger partial charge in [-0.1, -0.05) is 6.07 Å². The van der Waals surface area contributed by atoms with Crippen LogP contribution < -0.4 is 5.32 Å². The summed E-state index contributed by atoms with van der Waals surface area (Å²) in [5, 5.41) is 4.06. The average Bonchev–Trinajstić information content (AvgIpc) is 3.15. The van der Waals surface area contributed by atoms with Crippen LogP contribution in [0.25, 0.3) is 5.65 Å². The summed E-state index contributed by atoms with van der Waals surface area (Å²) in [7, 11) is 0. The monoisotopic (exact) mass is 338 g/mol. The van der Waals surface area contributed by atoms with Crippen LogP contribution >= 0.6 is 11.3 Å². The number of carbonyl (C=O) groups excluding carboxylic acids is 1. The maximum absolute atomic E-state index is 12.2. The summed E-state index contributed by atoms with van der Waals surface area (Å²) in [5.74, 6) is 0.0753. The molecule has 0 radical (unpaired) electrons. The Bertz CT molecular complexity index is 918. The first-order chi connectivity index (χ1) is 11.8. The molecule has 1 aliphatic carbocycles. The van der Waals surface area contributed by atoms with Crippen LogP contribution in [0, 0.1) is 0 Å². The van der Waals surface area contributed by atoms with Crippen molar-refractivity contribution in [2.45, 2.75) is 44.6 Å². The third kappa shape index (κ3) is 2.17. The normalized spacial score (nSPS) is 20.3. The highest BCUT2D eigenvalue weighted by Crippen LogP contribution is 2.38. The van der Waals surface area contributed by atoms with E-state index in [-0.39, 0.29) is 11.8 Å². The summed E-state index contributed by atoms with van der Waals surface area (Å²) in [6, 6.07) is 6.02. The third-order valence-corrected chi connectivity index (χ3v) is 6.25. The van der Waals surface area contributed by atoms with Crippen molar-refractivity contribution in [1.82, 2.24) is 19.7 Å². The lowest BCUT2D eigenvalue weighted by molar-refractivity contribution is -0.121. The zero-order valence-corrected chi connectivity index (χ0v) is 14.1. The number of fused-ring (bicyclic) bond motifs is 4. The van der Waals surface area contributed by atoms with E-state index < -0.39 is 0 Å². The van der Waals surface area contributed by atoms with E-state index in [0.29, 0.717) is 13.0 Å². The number of pyridine rings is 1. The van der Waals surface area contributed by atoms with Gasteiger partial charge in [0.1, 0.15) is 10.7 Å². The Morgan fingerprint density at radius 1 is 1.17 bits per heavy atom. The lowest BCUT2D eigenvalue weighted by Gasteiger charge is -2.12. The number of carbonyl (C=O) groups is 1.